The summed E-state index contributed by atoms with van der Waals surface area (Å²) < 4.78 is 10.8. The quantitative estimate of drug-likeness (QED) is 0.904. The number of ether oxygens (including phenoxy) is 2. The maximum atomic E-state index is 5.44. The molecule has 1 aromatic rings. The average molecular weight is 290 g/mol. The summed E-state index contributed by atoms with van der Waals surface area (Å²) in [6.07, 6.45) is 2.69. The van der Waals surface area contributed by atoms with Gasteiger partial charge < -0.3 is 19.7 Å². The first-order valence-corrected chi connectivity index (χ1v) is 8.07. The molecule has 1 saturated heterocycles. The highest BCUT2D eigenvalue weighted by molar-refractivity contribution is 5.45. The van der Waals surface area contributed by atoms with Crippen LogP contribution in [0.25, 0.3) is 0 Å². The zero-order chi connectivity index (χ0) is 14.7. The average Bonchev–Trinajstić information content (AvgIpc) is 2.96. The lowest BCUT2D eigenvalue weighted by Gasteiger charge is -2.30. The van der Waals surface area contributed by atoms with E-state index < -0.39 is 0 Å². The summed E-state index contributed by atoms with van der Waals surface area (Å²) in [6, 6.07) is 6.54. The van der Waals surface area contributed by atoms with Gasteiger partial charge >= 0.3 is 0 Å². The summed E-state index contributed by atoms with van der Waals surface area (Å²) in [5.41, 5.74) is 1.26. The molecule has 1 unspecified atom stereocenters. The van der Waals surface area contributed by atoms with Crippen LogP contribution in [0.1, 0.15) is 38.3 Å². The Morgan fingerprint density at radius 3 is 2.81 bits per heavy atom. The molecule has 1 aromatic carbocycles. The second kappa shape index (κ2) is 6.67. The van der Waals surface area contributed by atoms with E-state index in [4.69, 9.17) is 9.47 Å². The second-order valence-electron chi connectivity index (χ2n) is 6.31. The molecule has 4 heteroatoms. The number of nitrogens with one attached hydrogen (secondary N) is 1. The van der Waals surface area contributed by atoms with Gasteiger partial charge in [-0.2, -0.15) is 0 Å². The molecular weight excluding hydrogens is 264 g/mol. The van der Waals surface area contributed by atoms with Gasteiger partial charge in [-0.1, -0.05) is 13.0 Å². The Morgan fingerprint density at radius 2 is 2.00 bits per heavy atom. The SMILES string of the molecule is CC1CCN(CCNC(C)c2ccc3c(c2)OCO3)CC1. The first-order valence-electron chi connectivity index (χ1n) is 8.07. The lowest BCUT2D eigenvalue weighted by molar-refractivity contribution is 0.174. The van der Waals surface area contributed by atoms with Crippen LogP contribution in [0.4, 0.5) is 0 Å². The third-order valence-corrected chi connectivity index (χ3v) is 4.65. The van der Waals surface area contributed by atoms with E-state index in [1.165, 1.54) is 31.5 Å². The van der Waals surface area contributed by atoms with Crippen molar-refractivity contribution < 1.29 is 9.47 Å². The van der Waals surface area contributed by atoms with Crippen molar-refractivity contribution in [1.82, 2.24) is 10.2 Å². The minimum Gasteiger partial charge on any atom is -0.454 e. The third kappa shape index (κ3) is 3.69. The monoisotopic (exact) mass is 290 g/mol. The van der Waals surface area contributed by atoms with Gasteiger partial charge in [0.05, 0.1) is 0 Å². The van der Waals surface area contributed by atoms with Gasteiger partial charge in [0, 0.05) is 19.1 Å². The zero-order valence-electron chi connectivity index (χ0n) is 13.1. The van der Waals surface area contributed by atoms with Crippen molar-refractivity contribution in [2.24, 2.45) is 5.92 Å². The minimum atomic E-state index is 0.336. The van der Waals surface area contributed by atoms with Crippen LogP contribution in [-0.2, 0) is 0 Å². The van der Waals surface area contributed by atoms with Crippen LogP contribution in [0.5, 0.6) is 11.5 Å². The van der Waals surface area contributed by atoms with Crippen LogP contribution in [0.3, 0.4) is 0 Å². The molecular formula is C17H26N2O2. The molecule has 1 N–H and O–H groups in total. The predicted molar refractivity (Wildman–Crippen MR) is 83.8 cm³/mol. The lowest BCUT2D eigenvalue weighted by atomic mass is 9.99. The molecule has 0 aliphatic carbocycles. The summed E-state index contributed by atoms with van der Waals surface area (Å²) in [5.74, 6) is 2.63. The number of piperidine rings is 1. The standard InChI is InChI=1S/C17H26N2O2/c1-13-5-8-19(9-6-13)10-7-18-14(2)15-3-4-16-17(11-15)21-12-20-16/h3-4,11,13-14,18H,5-10,12H2,1-2H3. The predicted octanol–water partition coefficient (Wildman–Crippen LogP) is 2.80. The number of fused-ring (bicyclic) bond motifs is 1. The number of hydrogen-bond acceptors (Lipinski definition) is 4. The summed E-state index contributed by atoms with van der Waals surface area (Å²) in [5, 5.41) is 3.61. The summed E-state index contributed by atoms with van der Waals surface area (Å²) in [4.78, 5) is 2.57. The van der Waals surface area contributed by atoms with E-state index in [2.05, 4.69) is 36.2 Å². The molecule has 0 amide bonds. The normalized spacial score (nSPS) is 20.7. The fourth-order valence-electron chi connectivity index (χ4n) is 3.03. The molecule has 116 valence electrons. The summed E-state index contributed by atoms with van der Waals surface area (Å²) in [6.45, 7) is 9.58. The van der Waals surface area contributed by atoms with Gasteiger partial charge in [-0.05, 0) is 56.5 Å². The molecule has 2 aliphatic rings. The summed E-state index contributed by atoms with van der Waals surface area (Å²) >= 11 is 0. The van der Waals surface area contributed by atoms with Gasteiger partial charge in [-0.25, -0.2) is 0 Å². The zero-order valence-corrected chi connectivity index (χ0v) is 13.1. The van der Waals surface area contributed by atoms with Gasteiger partial charge in [0.2, 0.25) is 6.79 Å². The second-order valence-corrected chi connectivity index (χ2v) is 6.31. The first-order chi connectivity index (χ1) is 10.2. The Kier molecular flexibility index (Phi) is 4.66. The first kappa shape index (κ1) is 14.7. The highest BCUT2D eigenvalue weighted by Crippen LogP contribution is 2.34. The van der Waals surface area contributed by atoms with Crippen molar-refractivity contribution >= 4 is 0 Å². The van der Waals surface area contributed by atoms with E-state index in [9.17, 15) is 0 Å². The van der Waals surface area contributed by atoms with Crippen molar-refractivity contribution in [3.63, 3.8) is 0 Å². The van der Waals surface area contributed by atoms with Crippen LogP contribution in [0.2, 0.25) is 0 Å². The van der Waals surface area contributed by atoms with E-state index in [1.807, 2.05) is 6.07 Å². The van der Waals surface area contributed by atoms with Crippen LogP contribution < -0.4 is 14.8 Å². The Morgan fingerprint density at radius 1 is 1.24 bits per heavy atom. The van der Waals surface area contributed by atoms with Gasteiger partial charge in [-0.15, -0.1) is 0 Å². The van der Waals surface area contributed by atoms with E-state index in [1.54, 1.807) is 0 Å². The fourth-order valence-corrected chi connectivity index (χ4v) is 3.03. The third-order valence-electron chi connectivity index (χ3n) is 4.65. The smallest absolute Gasteiger partial charge is 0.231 e. The number of rotatable bonds is 5. The Hall–Kier alpha value is -1.26. The van der Waals surface area contributed by atoms with Crippen molar-refractivity contribution in [2.45, 2.75) is 32.7 Å². The van der Waals surface area contributed by atoms with Crippen LogP contribution in [0.15, 0.2) is 18.2 Å². The molecule has 3 rings (SSSR count). The van der Waals surface area contributed by atoms with Crippen LogP contribution in [-0.4, -0.2) is 37.9 Å². The van der Waals surface area contributed by atoms with Gasteiger partial charge in [-0.3, -0.25) is 0 Å². The van der Waals surface area contributed by atoms with E-state index in [0.29, 0.717) is 12.8 Å². The van der Waals surface area contributed by atoms with Crippen molar-refractivity contribution in [3.8, 4) is 11.5 Å². The van der Waals surface area contributed by atoms with Crippen molar-refractivity contribution in [1.29, 1.82) is 0 Å². The largest absolute Gasteiger partial charge is 0.454 e. The number of nitrogens with zero attached hydrogens (tertiary/aromatic N) is 1. The molecule has 2 heterocycles. The fraction of sp³-hybridized carbons (Fsp3) is 0.647. The molecule has 0 bridgehead atoms. The minimum absolute atomic E-state index is 0.336. The molecule has 0 spiro atoms. The lowest BCUT2D eigenvalue weighted by Crippen LogP contribution is -2.38. The Bertz CT molecular complexity index is 470. The molecule has 0 saturated carbocycles. The molecule has 0 radical (unpaired) electrons. The number of likely N-dealkylation sites (tertiary alicyclic amines) is 1. The maximum absolute atomic E-state index is 5.44. The molecule has 1 fully saturated rings. The van der Waals surface area contributed by atoms with Gasteiger partial charge in [0.1, 0.15) is 0 Å². The Labute approximate surface area is 127 Å². The highest BCUT2D eigenvalue weighted by atomic mass is 16.7. The molecule has 21 heavy (non-hydrogen) atoms. The topological polar surface area (TPSA) is 33.7 Å². The van der Waals surface area contributed by atoms with Crippen molar-refractivity contribution in [3.05, 3.63) is 23.8 Å². The van der Waals surface area contributed by atoms with Crippen LogP contribution >= 0.6 is 0 Å². The Balaban J connectivity index is 1.45. The highest BCUT2D eigenvalue weighted by Gasteiger charge is 2.17. The molecule has 0 aromatic heterocycles. The summed E-state index contributed by atoms with van der Waals surface area (Å²) in [7, 11) is 0. The van der Waals surface area contributed by atoms with Crippen molar-refractivity contribution in [2.75, 3.05) is 33.0 Å². The van der Waals surface area contributed by atoms with Gasteiger partial charge in [0.15, 0.2) is 11.5 Å². The van der Waals surface area contributed by atoms with Gasteiger partial charge in [0.25, 0.3) is 0 Å². The number of hydrogen-bond donors (Lipinski definition) is 1. The maximum Gasteiger partial charge on any atom is 0.231 e. The van der Waals surface area contributed by atoms with E-state index >= 15 is 0 Å². The molecule has 2 aliphatic heterocycles. The van der Waals surface area contributed by atoms with E-state index in [-0.39, 0.29) is 0 Å². The number of benzene rings is 1. The van der Waals surface area contributed by atoms with Crippen LogP contribution in [0, 0.1) is 5.92 Å². The van der Waals surface area contributed by atoms with E-state index in [0.717, 1.165) is 30.5 Å². The molecule has 4 nitrogen and oxygen atoms in total. The molecule has 1 atom stereocenters.